The normalized spacial score (nSPS) is 29.1. The highest BCUT2D eigenvalue weighted by Gasteiger charge is 2.13. The fraction of sp³-hybridized carbons (Fsp3) is 0.667. The highest BCUT2D eigenvalue weighted by molar-refractivity contribution is 5.06. The summed E-state index contributed by atoms with van der Waals surface area (Å²) >= 11 is 0. The van der Waals surface area contributed by atoms with Crippen LogP contribution in [0.25, 0.3) is 0 Å². The van der Waals surface area contributed by atoms with Crippen LogP contribution in [0.4, 0.5) is 0 Å². The van der Waals surface area contributed by atoms with E-state index < -0.39 is 0 Å². The smallest absolute Gasteiger partial charge is 0.0230 e. The van der Waals surface area contributed by atoms with E-state index in [2.05, 4.69) is 11.9 Å². The molecule has 0 aromatic rings. The molecule has 0 amide bonds. The quantitative estimate of drug-likeness (QED) is 0.463. The fourth-order valence-electron chi connectivity index (χ4n) is 0.948. The Balaban J connectivity index is 2.32. The van der Waals surface area contributed by atoms with E-state index in [9.17, 15) is 0 Å². The van der Waals surface area contributed by atoms with Crippen LogP contribution in [-0.4, -0.2) is 19.1 Å². The van der Waals surface area contributed by atoms with E-state index in [1.165, 1.54) is 5.57 Å². The first kappa shape index (κ1) is 5.79. The van der Waals surface area contributed by atoms with Crippen molar-refractivity contribution in [2.45, 2.75) is 12.5 Å². The van der Waals surface area contributed by atoms with Crippen LogP contribution in [-0.2, 0) is 0 Å². The van der Waals surface area contributed by atoms with Crippen LogP contribution in [0.2, 0.25) is 0 Å². The zero-order valence-corrected chi connectivity index (χ0v) is 4.98. The lowest BCUT2D eigenvalue weighted by Crippen LogP contribution is -2.29. The molecule has 0 spiro atoms. The maximum absolute atomic E-state index is 5.39. The fourth-order valence-corrected chi connectivity index (χ4v) is 0.948. The molecule has 1 rings (SSSR count). The molecule has 1 aliphatic heterocycles. The van der Waals surface area contributed by atoms with Crippen molar-refractivity contribution in [3.8, 4) is 0 Å². The lowest BCUT2D eigenvalue weighted by molar-refractivity contribution is 0.619. The summed E-state index contributed by atoms with van der Waals surface area (Å²) in [5, 5.41) is 3.23. The van der Waals surface area contributed by atoms with Crippen LogP contribution in [0.3, 0.4) is 0 Å². The lowest BCUT2D eigenvalue weighted by atomic mass is 10.2. The third-order valence-corrected chi connectivity index (χ3v) is 1.46. The zero-order valence-electron chi connectivity index (χ0n) is 4.98. The third kappa shape index (κ3) is 1.08. The van der Waals surface area contributed by atoms with Crippen LogP contribution < -0.4 is 11.1 Å². The average Bonchev–Trinajstić information content (AvgIpc) is 2.14. The molecule has 1 unspecified atom stereocenters. The van der Waals surface area contributed by atoms with Crippen molar-refractivity contribution in [1.29, 1.82) is 0 Å². The molecule has 2 heteroatoms. The predicted octanol–water partition coefficient (Wildman–Crippen LogP) is -0.137. The van der Waals surface area contributed by atoms with E-state index >= 15 is 0 Å². The molecule has 8 heavy (non-hydrogen) atoms. The van der Waals surface area contributed by atoms with Crippen LogP contribution >= 0.6 is 0 Å². The molecule has 0 aromatic heterocycles. The van der Waals surface area contributed by atoms with Crippen molar-refractivity contribution in [3.05, 3.63) is 12.2 Å². The molecular weight excluding hydrogens is 100 g/mol. The Hall–Kier alpha value is -0.340. The van der Waals surface area contributed by atoms with Gasteiger partial charge in [0.05, 0.1) is 0 Å². The standard InChI is InChI=1S/C6H12N2/c1-5-2-6(3-7)8-4-5/h6,8H,1-4,7H2. The molecule has 0 radical (unpaired) electrons. The SMILES string of the molecule is C=C1CNC(CN)C1. The Morgan fingerprint density at radius 2 is 2.62 bits per heavy atom. The van der Waals surface area contributed by atoms with E-state index in [0.717, 1.165) is 19.5 Å². The summed E-state index contributed by atoms with van der Waals surface area (Å²) in [6.45, 7) is 5.53. The molecule has 0 aliphatic carbocycles. The van der Waals surface area contributed by atoms with Crippen molar-refractivity contribution in [2.75, 3.05) is 13.1 Å². The molecule has 1 saturated heterocycles. The van der Waals surface area contributed by atoms with E-state index in [1.807, 2.05) is 0 Å². The minimum absolute atomic E-state index is 0.502. The summed E-state index contributed by atoms with van der Waals surface area (Å²) in [4.78, 5) is 0. The van der Waals surface area contributed by atoms with Crippen LogP contribution in [0.15, 0.2) is 12.2 Å². The number of rotatable bonds is 1. The summed E-state index contributed by atoms with van der Waals surface area (Å²) in [6.07, 6.45) is 1.07. The molecule has 1 heterocycles. The van der Waals surface area contributed by atoms with Gasteiger partial charge in [0.2, 0.25) is 0 Å². The van der Waals surface area contributed by atoms with Gasteiger partial charge in [-0.25, -0.2) is 0 Å². The lowest BCUT2D eigenvalue weighted by Gasteiger charge is -2.02. The van der Waals surface area contributed by atoms with E-state index in [0.29, 0.717) is 6.04 Å². The van der Waals surface area contributed by atoms with Gasteiger partial charge in [0.15, 0.2) is 0 Å². The van der Waals surface area contributed by atoms with Crippen LogP contribution in [0, 0.1) is 0 Å². The maximum atomic E-state index is 5.39. The molecule has 0 aromatic carbocycles. The average molecular weight is 112 g/mol. The van der Waals surface area contributed by atoms with Gasteiger partial charge in [-0.3, -0.25) is 0 Å². The van der Waals surface area contributed by atoms with Crippen molar-refractivity contribution in [1.82, 2.24) is 5.32 Å². The van der Waals surface area contributed by atoms with Gasteiger partial charge in [-0.05, 0) is 6.42 Å². The van der Waals surface area contributed by atoms with Gasteiger partial charge >= 0.3 is 0 Å². The minimum atomic E-state index is 0.502. The Bertz CT molecular complexity index is 98.7. The van der Waals surface area contributed by atoms with Crippen molar-refractivity contribution in [2.24, 2.45) is 5.73 Å². The van der Waals surface area contributed by atoms with Crippen molar-refractivity contribution in [3.63, 3.8) is 0 Å². The number of nitrogens with one attached hydrogen (secondary N) is 1. The van der Waals surface area contributed by atoms with E-state index in [-0.39, 0.29) is 0 Å². The first-order valence-electron chi connectivity index (χ1n) is 2.93. The topological polar surface area (TPSA) is 38.0 Å². The largest absolute Gasteiger partial charge is 0.329 e. The number of nitrogens with two attached hydrogens (primary N) is 1. The molecule has 1 atom stereocenters. The molecule has 1 fully saturated rings. The van der Waals surface area contributed by atoms with Gasteiger partial charge in [-0.1, -0.05) is 12.2 Å². The van der Waals surface area contributed by atoms with Crippen LogP contribution in [0.5, 0.6) is 0 Å². The highest BCUT2D eigenvalue weighted by Crippen LogP contribution is 2.07. The molecule has 0 bridgehead atoms. The molecule has 0 saturated carbocycles. The molecule has 46 valence electrons. The molecule has 1 aliphatic rings. The highest BCUT2D eigenvalue weighted by atomic mass is 15.0. The number of hydrogen-bond acceptors (Lipinski definition) is 2. The summed E-state index contributed by atoms with van der Waals surface area (Å²) in [5.41, 5.74) is 6.67. The second-order valence-corrected chi connectivity index (χ2v) is 2.27. The minimum Gasteiger partial charge on any atom is -0.329 e. The van der Waals surface area contributed by atoms with E-state index in [4.69, 9.17) is 5.73 Å². The van der Waals surface area contributed by atoms with Crippen molar-refractivity contribution < 1.29 is 0 Å². The molecule has 3 N–H and O–H groups in total. The van der Waals surface area contributed by atoms with Crippen LogP contribution in [0.1, 0.15) is 6.42 Å². The number of hydrogen-bond donors (Lipinski definition) is 2. The Kier molecular flexibility index (Phi) is 1.65. The summed E-state index contributed by atoms with van der Waals surface area (Å²) < 4.78 is 0. The first-order chi connectivity index (χ1) is 3.83. The van der Waals surface area contributed by atoms with Gasteiger partial charge < -0.3 is 11.1 Å². The predicted molar refractivity (Wildman–Crippen MR) is 34.6 cm³/mol. The summed E-state index contributed by atoms with van der Waals surface area (Å²) in [7, 11) is 0. The van der Waals surface area contributed by atoms with Gasteiger partial charge in [-0.15, -0.1) is 0 Å². The summed E-state index contributed by atoms with van der Waals surface area (Å²) in [6, 6.07) is 0.502. The second-order valence-electron chi connectivity index (χ2n) is 2.27. The first-order valence-corrected chi connectivity index (χ1v) is 2.93. The van der Waals surface area contributed by atoms with Crippen molar-refractivity contribution >= 4 is 0 Å². The molecular formula is C6H12N2. The Morgan fingerprint density at radius 1 is 1.88 bits per heavy atom. The monoisotopic (exact) mass is 112 g/mol. The zero-order chi connectivity index (χ0) is 5.98. The van der Waals surface area contributed by atoms with Gasteiger partial charge in [0.1, 0.15) is 0 Å². The third-order valence-electron chi connectivity index (χ3n) is 1.46. The molecule has 2 nitrogen and oxygen atoms in total. The summed E-state index contributed by atoms with van der Waals surface area (Å²) in [5.74, 6) is 0. The maximum Gasteiger partial charge on any atom is 0.0230 e. The van der Waals surface area contributed by atoms with Gasteiger partial charge in [0, 0.05) is 19.1 Å². The van der Waals surface area contributed by atoms with Gasteiger partial charge in [0.25, 0.3) is 0 Å². The van der Waals surface area contributed by atoms with E-state index in [1.54, 1.807) is 0 Å². The Labute approximate surface area is 49.8 Å². The second kappa shape index (κ2) is 2.29. The Morgan fingerprint density at radius 3 is 2.88 bits per heavy atom. The van der Waals surface area contributed by atoms with Gasteiger partial charge in [-0.2, -0.15) is 0 Å².